The van der Waals surface area contributed by atoms with Gasteiger partial charge < -0.3 is 5.32 Å². The maximum atomic E-state index is 12.3. The molecule has 0 atom stereocenters. The Balaban J connectivity index is 2.25. The van der Waals surface area contributed by atoms with Crippen LogP contribution in [0.3, 0.4) is 0 Å². The Morgan fingerprint density at radius 1 is 0.792 bits per heavy atom. The zero-order valence-electron chi connectivity index (χ0n) is 13.6. The molecule has 0 bridgehead atoms. The second-order valence-electron chi connectivity index (χ2n) is 5.70. The fourth-order valence-electron chi connectivity index (χ4n) is 2.00. The normalized spacial score (nSPS) is 12.2. The zero-order chi connectivity index (χ0) is 18.0. The van der Waals surface area contributed by atoms with E-state index < -0.39 is 17.9 Å². The molecule has 2 rings (SSSR count). The number of aryl methyl sites for hydroxylation is 1. The largest absolute Gasteiger partial charge is 0.383 e. The van der Waals surface area contributed by atoms with Gasteiger partial charge in [0, 0.05) is 17.4 Å². The molecule has 6 nitrogen and oxygen atoms in total. The Morgan fingerprint density at radius 3 is 1.79 bits per heavy atom. The van der Waals surface area contributed by atoms with E-state index >= 15 is 0 Å². The lowest BCUT2D eigenvalue weighted by Gasteiger charge is -2.12. The van der Waals surface area contributed by atoms with Crippen LogP contribution in [0.25, 0.3) is 0 Å². The zero-order valence-corrected chi connectivity index (χ0v) is 15.3. The minimum Gasteiger partial charge on any atom is -0.383 e. The van der Waals surface area contributed by atoms with Gasteiger partial charge in [0.2, 0.25) is 0 Å². The van der Waals surface area contributed by atoms with Crippen LogP contribution in [0.5, 0.6) is 0 Å². The number of anilines is 2. The molecule has 2 N–H and O–H groups in total. The van der Waals surface area contributed by atoms with Gasteiger partial charge in [0.25, 0.3) is 8.87 Å². The van der Waals surface area contributed by atoms with Gasteiger partial charge in [-0.3, -0.25) is 4.72 Å². The van der Waals surface area contributed by atoms with E-state index in [1.165, 1.54) is 24.3 Å². The quantitative estimate of drug-likeness (QED) is 0.765. The van der Waals surface area contributed by atoms with Crippen molar-refractivity contribution in [3.05, 3.63) is 54.1 Å². The standard InChI is InChI=1S/C16H20N2O4S2/c1-12(2)17-14-6-8-15(9-7-14)18-24(21,22)23(19,20)16-10-4-13(3)5-11-16/h4-12,17-18H,1-3H3. The van der Waals surface area contributed by atoms with Gasteiger partial charge in [-0.2, -0.15) is 8.42 Å². The van der Waals surface area contributed by atoms with E-state index in [0.717, 1.165) is 11.3 Å². The van der Waals surface area contributed by atoms with Crippen molar-refractivity contribution in [3.63, 3.8) is 0 Å². The van der Waals surface area contributed by atoms with Gasteiger partial charge in [-0.25, -0.2) is 8.42 Å². The minimum atomic E-state index is -4.61. The Hall–Kier alpha value is -2.06. The smallest absolute Gasteiger partial charge is 0.343 e. The topological polar surface area (TPSA) is 92.3 Å². The van der Waals surface area contributed by atoms with Crippen LogP contribution in [-0.2, 0) is 17.9 Å². The number of hydrogen-bond acceptors (Lipinski definition) is 5. The number of nitrogens with one attached hydrogen (secondary N) is 2. The Labute approximate surface area is 142 Å². The maximum Gasteiger partial charge on any atom is 0.343 e. The summed E-state index contributed by atoms with van der Waals surface area (Å²) in [6.45, 7) is 5.74. The molecule has 0 aliphatic heterocycles. The summed E-state index contributed by atoms with van der Waals surface area (Å²) in [5.74, 6) is 0. The predicted octanol–water partition coefficient (Wildman–Crippen LogP) is 2.95. The first kappa shape index (κ1) is 18.3. The first-order chi connectivity index (χ1) is 11.1. The molecule has 0 fully saturated rings. The average Bonchev–Trinajstić information content (AvgIpc) is 2.49. The molecule has 0 saturated carbocycles. The van der Waals surface area contributed by atoms with Crippen LogP contribution in [-0.4, -0.2) is 22.9 Å². The first-order valence-corrected chi connectivity index (χ1v) is 10.8. The molecule has 0 saturated heterocycles. The van der Waals surface area contributed by atoms with Crippen LogP contribution in [0.15, 0.2) is 53.4 Å². The highest BCUT2D eigenvalue weighted by atomic mass is 33.2. The van der Waals surface area contributed by atoms with Gasteiger partial charge in [0.15, 0.2) is 0 Å². The van der Waals surface area contributed by atoms with E-state index in [-0.39, 0.29) is 16.6 Å². The first-order valence-electron chi connectivity index (χ1n) is 7.33. The van der Waals surface area contributed by atoms with Crippen molar-refractivity contribution in [2.45, 2.75) is 31.7 Å². The predicted molar refractivity (Wildman–Crippen MR) is 96.1 cm³/mol. The fraction of sp³-hybridized carbons (Fsp3) is 0.250. The lowest BCUT2D eigenvalue weighted by Crippen LogP contribution is -2.23. The van der Waals surface area contributed by atoms with E-state index in [2.05, 4.69) is 10.0 Å². The summed E-state index contributed by atoms with van der Waals surface area (Å²) in [4.78, 5) is -0.265. The molecule has 130 valence electrons. The average molecular weight is 368 g/mol. The van der Waals surface area contributed by atoms with Crippen LogP contribution < -0.4 is 10.0 Å². The highest BCUT2D eigenvalue weighted by molar-refractivity contribution is 8.67. The number of hydrogen-bond donors (Lipinski definition) is 2. The highest BCUT2D eigenvalue weighted by Crippen LogP contribution is 2.22. The summed E-state index contributed by atoms with van der Waals surface area (Å²) in [5.41, 5.74) is 1.84. The van der Waals surface area contributed by atoms with Gasteiger partial charge in [0.05, 0.1) is 4.90 Å². The van der Waals surface area contributed by atoms with E-state index in [1.807, 2.05) is 13.8 Å². The van der Waals surface area contributed by atoms with Crippen LogP contribution in [0.1, 0.15) is 19.4 Å². The third-order valence-corrected chi connectivity index (χ3v) is 7.66. The Kier molecular flexibility index (Phi) is 5.19. The second kappa shape index (κ2) is 6.82. The monoisotopic (exact) mass is 368 g/mol. The summed E-state index contributed by atoms with van der Waals surface area (Å²) in [6.07, 6.45) is 0. The summed E-state index contributed by atoms with van der Waals surface area (Å²) >= 11 is 0. The van der Waals surface area contributed by atoms with Crippen LogP contribution in [0.2, 0.25) is 0 Å². The molecular weight excluding hydrogens is 348 g/mol. The molecule has 0 amide bonds. The van der Waals surface area contributed by atoms with Gasteiger partial charge >= 0.3 is 9.06 Å². The highest BCUT2D eigenvalue weighted by Gasteiger charge is 2.31. The second-order valence-corrected chi connectivity index (χ2v) is 10.8. The van der Waals surface area contributed by atoms with E-state index in [4.69, 9.17) is 0 Å². The van der Waals surface area contributed by atoms with Crippen molar-refractivity contribution in [2.75, 3.05) is 10.0 Å². The molecule has 0 spiro atoms. The maximum absolute atomic E-state index is 12.3. The number of benzene rings is 2. The summed E-state index contributed by atoms with van der Waals surface area (Å²) < 4.78 is 51.3. The summed E-state index contributed by atoms with van der Waals surface area (Å²) in [6, 6.07) is 12.3. The molecule has 0 aliphatic carbocycles. The molecule has 24 heavy (non-hydrogen) atoms. The molecule has 2 aromatic rings. The van der Waals surface area contributed by atoms with Crippen molar-refractivity contribution < 1.29 is 16.8 Å². The van der Waals surface area contributed by atoms with Crippen molar-refractivity contribution >= 4 is 29.3 Å². The van der Waals surface area contributed by atoms with E-state index in [1.54, 1.807) is 31.2 Å². The van der Waals surface area contributed by atoms with Crippen LogP contribution in [0.4, 0.5) is 11.4 Å². The fourth-order valence-corrected chi connectivity index (χ4v) is 4.97. The molecule has 0 radical (unpaired) electrons. The molecule has 0 aliphatic rings. The molecule has 2 aromatic carbocycles. The SMILES string of the molecule is Cc1ccc(S(=O)(=O)S(=O)(=O)Nc2ccc(NC(C)C)cc2)cc1. The lowest BCUT2D eigenvalue weighted by molar-refractivity contribution is 0.585. The molecule has 0 aromatic heterocycles. The van der Waals surface area contributed by atoms with Crippen LogP contribution >= 0.6 is 0 Å². The van der Waals surface area contributed by atoms with Crippen molar-refractivity contribution in [1.29, 1.82) is 0 Å². The Bertz CT molecular complexity index is 902. The van der Waals surface area contributed by atoms with Gasteiger partial charge in [-0.05, 0) is 57.2 Å². The number of rotatable bonds is 6. The van der Waals surface area contributed by atoms with E-state index in [0.29, 0.717) is 0 Å². The van der Waals surface area contributed by atoms with Crippen LogP contribution in [0, 0.1) is 6.92 Å². The van der Waals surface area contributed by atoms with Crippen molar-refractivity contribution in [2.24, 2.45) is 0 Å². The van der Waals surface area contributed by atoms with Crippen molar-refractivity contribution in [3.8, 4) is 0 Å². The molecule has 0 unspecified atom stereocenters. The van der Waals surface area contributed by atoms with Crippen molar-refractivity contribution in [1.82, 2.24) is 0 Å². The molecular formula is C16H20N2O4S2. The minimum absolute atomic E-state index is 0.181. The lowest BCUT2D eigenvalue weighted by atomic mass is 10.2. The summed E-state index contributed by atoms with van der Waals surface area (Å²) in [5, 5.41) is 3.16. The Morgan fingerprint density at radius 2 is 1.29 bits per heavy atom. The third-order valence-electron chi connectivity index (χ3n) is 3.18. The third kappa shape index (κ3) is 4.07. The van der Waals surface area contributed by atoms with Gasteiger partial charge in [-0.15, -0.1) is 0 Å². The van der Waals surface area contributed by atoms with Gasteiger partial charge in [-0.1, -0.05) is 17.7 Å². The van der Waals surface area contributed by atoms with E-state index in [9.17, 15) is 16.8 Å². The van der Waals surface area contributed by atoms with Gasteiger partial charge in [0.1, 0.15) is 0 Å². The molecule has 8 heteroatoms. The summed E-state index contributed by atoms with van der Waals surface area (Å²) in [7, 11) is -9.15. The molecule has 0 heterocycles.